The van der Waals surface area contributed by atoms with Crippen molar-refractivity contribution in [3.63, 3.8) is 0 Å². The second-order valence-corrected chi connectivity index (χ2v) is 14.1. The maximum Gasteiger partial charge on any atom is 0.356 e. The van der Waals surface area contributed by atoms with E-state index < -0.39 is 27.6 Å². The maximum absolute atomic E-state index is 14.3. The Bertz CT molecular complexity index is 2100. The molecule has 0 radical (unpaired) electrons. The number of hydrogen-bond acceptors (Lipinski definition) is 6. The molecule has 10 heteroatoms. The molecule has 0 fully saturated rings. The Morgan fingerprint density at radius 2 is 1.60 bits per heavy atom. The van der Waals surface area contributed by atoms with Gasteiger partial charge in [0.2, 0.25) is 0 Å². The number of aryl methyl sites for hydroxylation is 1. The summed E-state index contributed by atoms with van der Waals surface area (Å²) in [4.78, 5) is 27.7. The Balaban J connectivity index is 1.96. The van der Waals surface area contributed by atoms with E-state index in [2.05, 4.69) is 0 Å². The molecule has 5 aromatic rings. The molecule has 4 aromatic carbocycles. The molecule has 1 heterocycles. The average molecular weight is 665 g/mol. The van der Waals surface area contributed by atoms with Crippen LogP contribution in [0.15, 0.2) is 83.8 Å². The van der Waals surface area contributed by atoms with E-state index in [4.69, 9.17) is 32.7 Å². The Morgan fingerprint density at radius 3 is 2.27 bits per heavy atom. The third-order valence-electron chi connectivity index (χ3n) is 7.00. The van der Waals surface area contributed by atoms with Crippen LogP contribution in [0.4, 0.5) is 0 Å². The van der Waals surface area contributed by atoms with Crippen molar-refractivity contribution >= 4 is 78.5 Å². The van der Waals surface area contributed by atoms with E-state index in [-0.39, 0.29) is 49.3 Å². The van der Waals surface area contributed by atoms with Crippen molar-refractivity contribution in [2.45, 2.75) is 45.1 Å². The summed E-state index contributed by atoms with van der Waals surface area (Å²) in [5.41, 5.74) is 0.369. The maximum atomic E-state index is 14.3. The second-order valence-electron chi connectivity index (χ2n) is 11.4. The van der Waals surface area contributed by atoms with Crippen LogP contribution in [0.2, 0.25) is 10.0 Å². The SMILES string of the molecule is CCOC(=O)c1c(/C=C(/C(=O)OC(C)(C)C)c2cccc3ccccc23)c2c(Cl)cc(Cl)cc2n1S(=O)(=O)c1ccc(C)cc1. The number of rotatable bonds is 7. The van der Waals surface area contributed by atoms with Crippen LogP contribution >= 0.6 is 23.2 Å². The van der Waals surface area contributed by atoms with Crippen molar-refractivity contribution in [2.24, 2.45) is 0 Å². The number of halogens is 2. The molecule has 5 rings (SSSR count). The monoisotopic (exact) mass is 663 g/mol. The van der Waals surface area contributed by atoms with Crippen molar-refractivity contribution < 1.29 is 27.5 Å². The van der Waals surface area contributed by atoms with Gasteiger partial charge in [-0.2, -0.15) is 0 Å². The van der Waals surface area contributed by atoms with Crippen LogP contribution in [0.5, 0.6) is 0 Å². The van der Waals surface area contributed by atoms with E-state index in [1.807, 2.05) is 37.3 Å². The molecule has 0 aliphatic carbocycles. The predicted octanol–water partition coefficient (Wildman–Crippen LogP) is 8.71. The lowest BCUT2D eigenvalue weighted by atomic mass is 9.95. The van der Waals surface area contributed by atoms with Crippen LogP contribution in [0.1, 0.15) is 54.9 Å². The quantitative estimate of drug-likeness (QED) is 0.128. The third-order valence-corrected chi connectivity index (χ3v) is 9.24. The van der Waals surface area contributed by atoms with Gasteiger partial charge in [0.05, 0.1) is 27.6 Å². The number of hydrogen-bond donors (Lipinski definition) is 0. The highest BCUT2D eigenvalue weighted by molar-refractivity contribution is 7.90. The summed E-state index contributed by atoms with van der Waals surface area (Å²) in [6.45, 7) is 8.64. The van der Waals surface area contributed by atoms with Gasteiger partial charge in [-0.15, -0.1) is 0 Å². The zero-order valence-electron chi connectivity index (χ0n) is 25.4. The molecular formula is C35H31Cl2NO6S. The van der Waals surface area contributed by atoms with E-state index >= 15 is 0 Å². The number of aromatic nitrogens is 1. The van der Waals surface area contributed by atoms with Gasteiger partial charge >= 0.3 is 11.9 Å². The molecule has 7 nitrogen and oxygen atoms in total. The van der Waals surface area contributed by atoms with Gasteiger partial charge in [-0.05, 0) is 81.3 Å². The summed E-state index contributed by atoms with van der Waals surface area (Å²) in [6.07, 6.45) is 1.45. The first-order valence-corrected chi connectivity index (χ1v) is 16.4. The Kier molecular flexibility index (Phi) is 8.86. The molecule has 0 spiro atoms. The fourth-order valence-corrected chi connectivity index (χ4v) is 7.21. The van der Waals surface area contributed by atoms with Gasteiger partial charge in [-0.3, -0.25) is 0 Å². The van der Waals surface area contributed by atoms with Gasteiger partial charge in [0.15, 0.2) is 5.69 Å². The molecule has 0 amide bonds. The van der Waals surface area contributed by atoms with E-state index in [1.165, 1.54) is 30.3 Å². The third kappa shape index (κ3) is 6.36. The lowest BCUT2D eigenvalue weighted by Gasteiger charge is -2.21. The van der Waals surface area contributed by atoms with Crippen molar-refractivity contribution in [3.05, 3.63) is 111 Å². The van der Waals surface area contributed by atoms with Gasteiger partial charge < -0.3 is 9.47 Å². The molecular weight excluding hydrogens is 633 g/mol. The van der Waals surface area contributed by atoms with Gasteiger partial charge in [-0.25, -0.2) is 22.0 Å². The number of fused-ring (bicyclic) bond motifs is 2. The summed E-state index contributed by atoms with van der Waals surface area (Å²) in [6, 6.07) is 22.1. The normalized spacial score (nSPS) is 12.5. The molecule has 0 aliphatic heterocycles. The topological polar surface area (TPSA) is 91.7 Å². The average Bonchev–Trinajstić information content (AvgIpc) is 3.30. The van der Waals surface area contributed by atoms with E-state index in [1.54, 1.807) is 52.0 Å². The molecule has 45 heavy (non-hydrogen) atoms. The van der Waals surface area contributed by atoms with Crippen LogP contribution in [0.3, 0.4) is 0 Å². The van der Waals surface area contributed by atoms with Crippen molar-refractivity contribution in [3.8, 4) is 0 Å². The molecule has 0 aliphatic rings. The first-order valence-electron chi connectivity index (χ1n) is 14.2. The van der Waals surface area contributed by atoms with Crippen molar-refractivity contribution in [1.29, 1.82) is 0 Å². The fraction of sp³-hybridized carbons (Fsp3) is 0.200. The Hall–Kier alpha value is -4.11. The molecule has 232 valence electrons. The summed E-state index contributed by atoms with van der Waals surface area (Å²) >= 11 is 13.2. The van der Waals surface area contributed by atoms with Crippen molar-refractivity contribution in [1.82, 2.24) is 3.97 Å². The molecule has 0 unspecified atom stereocenters. The first-order chi connectivity index (χ1) is 21.2. The van der Waals surface area contributed by atoms with Crippen LogP contribution in [0.25, 0.3) is 33.3 Å². The van der Waals surface area contributed by atoms with Crippen LogP contribution in [-0.2, 0) is 24.3 Å². The summed E-state index contributed by atoms with van der Waals surface area (Å²) < 4.78 is 40.8. The standard InChI is InChI=1S/C35H31Cl2NO6S/c1-6-43-34(40)32-28(20-27(33(39)44-35(3,4)5)26-13-9-11-22-10-7-8-12-25(22)26)31-29(37)18-23(36)19-30(31)38(32)45(41,42)24-16-14-21(2)15-17-24/h7-20H,6H2,1-5H3/b27-20+. The highest BCUT2D eigenvalue weighted by Crippen LogP contribution is 2.40. The minimum atomic E-state index is -4.42. The van der Waals surface area contributed by atoms with Gasteiger partial charge in [-0.1, -0.05) is 83.4 Å². The summed E-state index contributed by atoms with van der Waals surface area (Å²) in [5.74, 6) is -1.61. The minimum absolute atomic E-state index is 0.0369. The van der Waals surface area contributed by atoms with E-state index in [0.29, 0.717) is 5.56 Å². The van der Waals surface area contributed by atoms with E-state index in [0.717, 1.165) is 20.3 Å². The molecule has 0 bridgehead atoms. The lowest BCUT2D eigenvalue weighted by molar-refractivity contribution is -0.147. The number of esters is 2. The van der Waals surface area contributed by atoms with Gasteiger partial charge in [0, 0.05) is 16.0 Å². The lowest BCUT2D eigenvalue weighted by Crippen LogP contribution is -2.24. The Morgan fingerprint density at radius 1 is 0.933 bits per heavy atom. The molecule has 0 N–H and O–H groups in total. The number of nitrogens with zero attached hydrogens (tertiary/aromatic N) is 1. The highest BCUT2D eigenvalue weighted by Gasteiger charge is 2.33. The predicted molar refractivity (Wildman–Crippen MR) is 179 cm³/mol. The van der Waals surface area contributed by atoms with Gasteiger partial charge in [0.25, 0.3) is 10.0 Å². The largest absolute Gasteiger partial charge is 0.461 e. The van der Waals surface area contributed by atoms with Crippen LogP contribution in [0, 0.1) is 6.92 Å². The fourth-order valence-electron chi connectivity index (χ4n) is 5.12. The minimum Gasteiger partial charge on any atom is -0.461 e. The van der Waals surface area contributed by atoms with Crippen molar-refractivity contribution in [2.75, 3.05) is 6.61 Å². The van der Waals surface area contributed by atoms with E-state index in [9.17, 15) is 18.0 Å². The molecule has 0 saturated heterocycles. The van der Waals surface area contributed by atoms with Gasteiger partial charge in [0.1, 0.15) is 5.60 Å². The number of benzene rings is 4. The number of carbonyl (C=O) groups excluding carboxylic acids is 2. The summed E-state index contributed by atoms with van der Waals surface area (Å²) in [7, 11) is -4.42. The molecule has 1 aromatic heterocycles. The molecule has 0 saturated carbocycles. The smallest absolute Gasteiger partial charge is 0.356 e. The van der Waals surface area contributed by atoms with Crippen LogP contribution < -0.4 is 0 Å². The van der Waals surface area contributed by atoms with Crippen LogP contribution in [-0.4, -0.2) is 36.5 Å². The first kappa shape index (κ1) is 32.3. The molecule has 0 atom stereocenters. The number of ether oxygens (including phenoxy) is 2. The zero-order chi connectivity index (χ0) is 32.7. The zero-order valence-corrected chi connectivity index (χ0v) is 27.7. The number of carbonyl (C=O) groups is 2. The summed E-state index contributed by atoms with van der Waals surface area (Å²) in [5, 5.41) is 2.04. The second kappa shape index (κ2) is 12.4. The Labute approximate surface area is 272 Å². The highest BCUT2D eigenvalue weighted by atomic mass is 35.5.